The van der Waals surface area contributed by atoms with Crippen molar-refractivity contribution in [2.24, 2.45) is 0 Å². The van der Waals surface area contributed by atoms with Gasteiger partial charge in [-0.25, -0.2) is 0 Å². The fraction of sp³-hybridized carbons (Fsp3) is 0.0769. The third kappa shape index (κ3) is 1.66. The molecule has 4 heteroatoms. The molecule has 0 aromatic heterocycles. The SMILES string of the molecule is O=C1NC(=S)O[C@H]1c1cccc2ccccc12. The molecule has 0 bridgehead atoms. The molecule has 3 rings (SSSR count). The standard InChI is InChI=1S/C13H9NO2S/c15-12-11(16-13(17)14-12)10-7-3-5-8-4-1-2-6-9(8)10/h1-7,11H,(H,14,15,17)/t11-/m0/s1. The van der Waals surface area contributed by atoms with E-state index in [0.29, 0.717) is 0 Å². The highest BCUT2D eigenvalue weighted by Crippen LogP contribution is 2.29. The Morgan fingerprint density at radius 1 is 1.12 bits per heavy atom. The lowest BCUT2D eigenvalue weighted by molar-refractivity contribution is -0.123. The van der Waals surface area contributed by atoms with Gasteiger partial charge in [-0.3, -0.25) is 10.1 Å². The van der Waals surface area contributed by atoms with Crippen LogP contribution in [0.4, 0.5) is 0 Å². The quantitative estimate of drug-likeness (QED) is 0.781. The summed E-state index contributed by atoms with van der Waals surface area (Å²) >= 11 is 4.84. The van der Waals surface area contributed by atoms with E-state index in [4.69, 9.17) is 17.0 Å². The number of thiocarbonyl (C=S) groups is 1. The molecule has 0 aliphatic carbocycles. The second-order valence-electron chi connectivity index (χ2n) is 3.84. The molecule has 2 aromatic carbocycles. The van der Waals surface area contributed by atoms with Crippen molar-refractivity contribution in [3.05, 3.63) is 48.0 Å². The number of carbonyl (C=O) groups is 1. The van der Waals surface area contributed by atoms with Gasteiger partial charge in [-0.15, -0.1) is 0 Å². The topological polar surface area (TPSA) is 38.3 Å². The maximum atomic E-state index is 11.7. The first kappa shape index (κ1) is 10.2. The van der Waals surface area contributed by atoms with Crippen LogP contribution < -0.4 is 5.32 Å². The van der Waals surface area contributed by atoms with Crippen LogP contribution in [0.1, 0.15) is 11.7 Å². The summed E-state index contributed by atoms with van der Waals surface area (Å²) < 4.78 is 5.34. The molecule has 0 spiro atoms. The normalized spacial score (nSPS) is 19.2. The van der Waals surface area contributed by atoms with E-state index in [1.807, 2.05) is 42.5 Å². The van der Waals surface area contributed by atoms with Crippen molar-refractivity contribution >= 4 is 34.1 Å². The molecule has 84 valence electrons. The van der Waals surface area contributed by atoms with Crippen LogP contribution in [-0.4, -0.2) is 11.1 Å². The summed E-state index contributed by atoms with van der Waals surface area (Å²) in [5, 5.41) is 4.74. The van der Waals surface area contributed by atoms with Gasteiger partial charge in [0.1, 0.15) is 0 Å². The van der Waals surface area contributed by atoms with Crippen molar-refractivity contribution in [3.63, 3.8) is 0 Å². The number of amides is 1. The Morgan fingerprint density at radius 2 is 1.88 bits per heavy atom. The fourth-order valence-corrected chi connectivity index (χ4v) is 2.24. The molecule has 2 aromatic rings. The van der Waals surface area contributed by atoms with E-state index in [1.165, 1.54) is 0 Å². The molecule has 1 atom stereocenters. The van der Waals surface area contributed by atoms with E-state index in [2.05, 4.69) is 5.32 Å². The van der Waals surface area contributed by atoms with Crippen LogP contribution in [0.15, 0.2) is 42.5 Å². The molecule has 0 radical (unpaired) electrons. The van der Waals surface area contributed by atoms with Crippen molar-refractivity contribution in [2.75, 3.05) is 0 Å². The number of rotatable bonds is 1. The van der Waals surface area contributed by atoms with Gasteiger partial charge in [0.2, 0.25) is 6.10 Å². The molecule has 3 nitrogen and oxygen atoms in total. The van der Waals surface area contributed by atoms with Gasteiger partial charge < -0.3 is 4.74 Å². The average molecular weight is 243 g/mol. The van der Waals surface area contributed by atoms with Crippen LogP contribution in [0.3, 0.4) is 0 Å². The van der Waals surface area contributed by atoms with Crippen LogP contribution in [0, 0.1) is 0 Å². The lowest BCUT2D eigenvalue weighted by Gasteiger charge is -2.10. The van der Waals surface area contributed by atoms with E-state index in [9.17, 15) is 4.79 Å². The van der Waals surface area contributed by atoms with E-state index in [1.54, 1.807) is 0 Å². The number of ether oxygens (including phenoxy) is 1. The molecular formula is C13H9NO2S. The van der Waals surface area contributed by atoms with Crippen molar-refractivity contribution in [2.45, 2.75) is 6.10 Å². The number of carbonyl (C=O) groups excluding carboxylic acids is 1. The monoisotopic (exact) mass is 243 g/mol. The zero-order valence-electron chi connectivity index (χ0n) is 8.84. The molecule has 1 fully saturated rings. The molecule has 1 heterocycles. The summed E-state index contributed by atoms with van der Waals surface area (Å²) in [5.41, 5.74) is 0.848. The summed E-state index contributed by atoms with van der Waals surface area (Å²) in [6.07, 6.45) is -0.631. The van der Waals surface area contributed by atoms with Gasteiger partial charge in [-0.05, 0) is 23.0 Å². The van der Waals surface area contributed by atoms with Gasteiger partial charge in [0.15, 0.2) is 0 Å². The van der Waals surface area contributed by atoms with Gasteiger partial charge >= 0.3 is 0 Å². The summed E-state index contributed by atoms with van der Waals surface area (Å²) in [4.78, 5) is 11.7. The minimum Gasteiger partial charge on any atom is -0.452 e. The van der Waals surface area contributed by atoms with Gasteiger partial charge in [0.05, 0.1) is 0 Å². The Kier molecular flexibility index (Phi) is 2.30. The number of hydrogen-bond donors (Lipinski definition) is 1. The Labute approximate surface area is 103 Å². The molecule has 1 amide bonds. The predicted octanol–water partition coefficient (Wildman–Crippen LogP) is 2.31. The van der Waals surface area contributed by atoms with Gasteiger partial charge in [0, 0.05) is 5.56 Å². The smallest absolute Gasteiger partial charge is 0.273 e. The molecule has 17 heavy (non-hydrogen) atoms. The maximum Gasteiger partial charge on any atom is 0.273 e. The van der Waals surface area contributed by atoms with Gasteiger partial charge in [0.25, 0.3) is 11.1 Å². The highest BCUT2D eigenvalue weighted by molar-refractivity contribution is 7.80. The second-order valence-corrected chi connectivity index (χ2v) is 4.21. The molecule has 0 saturated carbocycles. The zero-order valence-corrected chi connectivity index (χ0v) is 9.66. The fourth-order valence-electron chi connectivity index (χ4n) is 2.04. The Balaban J connectivity index is 2.17. The molecule has 0 unspecified atom stereocenters. The Bertz CT molecular complexity index is 618. The maximum absolute atomic E-state index is 11.7. The third-order valence-electron chi connectivity index (χ3n) is 2.79. The first-order chi connectivity index (χ1) is 8.25. The first-order valence-corrected chi connectivity index (χ1v) is 5.66. The number of hydrogen-bond acceptors (Lipinski definition) is 3. The average Bonchev–Trinajstić information content (AvgIpc) is 2.68. The number of fused-ring (bicyclic) bond motifs is 1. The van der Waals surface area contributed by atoms with Crippen molar-refractivity contribution < 1.29 is 9.53 Å². The van der Waals surface area contributed by atoms with Crippen molar-refractivity contribution in [3.8, 4) is 0 Å². The van der Waals surface area contributed by atoms with E-state index < -0.39 is 6.10 Å². The molecule has 1 saturated heterocycles. The van der Waals surface area contributed by atoms with Crippen molar-refractivity contribution in [1.82, 2.24) is 5.32 Å². The van der Waals surface area contributed by atoms with Crippen LogP contribution >= 0.6 is 12.2 Å². The highest BCUT2D eigenvalue weighted by atomic mass is 32.1. The highest BCUT2D eigenvalue weighted by Gasteiger charge is 2.32. The zero-order chi connectivity index (χ0) is 11.8. The molecule has 1 aliphatic rings. The third-order valence-corrected chi connectivity index (χ3v) is 2.99. The number of nitrogens with one attached hydrogen (secondary N) is 1. The van der Waals surface area contributed by atoms with E-state index in [0.717, 1.165) is 16.3 Å². The van der Waals surface area contributed by atoms with E-state index >= 15 is 0 Å². The first-order valence-electron chi connectivity index (χ1n) is 5.25. The Morgan fingerprint density at radius 3 is 2.65 bits per heavy atom. The summed E-state index contributed by atoms with van der Waals surface area (Å²) in [7, 11) is 0. The van der Waals surface area contributed by atoms with Crippen molar-refractivity contribution in [1.29, 1.82) is 0 Å². The number of benzene rings is 2. The largest absolute Gasteiger partial charge is 0.452 e. The molecule has 1 N–H and O–H groups in total. The summed E-state index contributed by atoms with van der Waals surface area (Å²) in [6.45, 7) is 0. The van der Waals surface area contributed by atoms with Crippen LogP contribution in [-0.2, 0) is 9.53 Å². The molecular weight excluding hydrogens is 234 g/mol. The lowest BCUT2D eigenvalue weighted by Crippen LogP contribution is -2.20. The minimum absolute atomic E-state index is 0.146. The second kappa shape index (κ2) is 3.82. The Hall–Kier alpha value is -1.94. The lowest BCUT2D eigenvalue weighted by atomic mass is 10.0. The van der Waals surface area contributed by atoms with Crippen LogP contribution in [0.5, 0.6) is 0 Å². The molecule has 1 aliphatic heterocycles. The minimum atomic E-state index is -0.631. The van der Waals surface area contributed by atoms with Crippen LogP contribution in [0.25, 0.3) is 10.8 Å². The van der Waals surface area contributed by atoms with Crippen LogP contribution in [0.2, 0.25) is 0 Å². The van der Waals surface area contributed by atoms with Gasteiger partial charge in [-0.2, -0.15) is 0 Å². The summed E-state index contributed by atoms with van der Waals surface area (Å²) in [6, 6.07) is 13.7. The predicted molar refractivity (Wildman–Crippen MR) is 68.5 cm³/mol. The summed E-state index contributed by atoms with van der Waals surface area (Å²) in [5.74, 6) is -0.202. The van der Waals surface area contributed by atoms with E-state index in [-0.39, 0.29) is 11.1 Å². The van der Waals surface area contributed by atoms with Gasteiger partial charge in [-0.1, -0.05) is 42.5 Å².